The summed E-state index contributed by atoms with van der Waals surface area (Å²) in [6.07, 6.45) is 0.157. The summed E-state index contributed by atoms with van der Waals surface area (Å²) in [6, 6.07) is 3.11. The molecule has 114 valence electrons. The van der Waals surface area contributed by atoms with Crippen LogP contribution in [-0.2, 0) is 21.3 Å². The van der Waals surface area contributed by atoms with Crippen molar-refractivity contribution in [1.29, 1.82) is 0 Å². The van der Waals surface area contributed by atoms with E-state index < -0.39 is 10.0 Å². The lowest BCUT2D eigenvalue weighted by molar-refractivity contribution is -0.0183. The van der Waals surface area contributed by atoms with Crippen molar-refractivity contribution in [2.45, 2.75) is 17.7 Å². The predicted octanol–water partition coefficient (Wildman–Crippen LogP) is -0.392. The number of hydrogen-bond acceptors (Lipinski definition) is 6. The fourth-order valence-corrected chi connectivity index (χ4v) is 2.71. The summed E-state index contributed by atoms with van der Waals surface area (Å²) in [6.45, 7) is 3.78. The molecule has 0 bridgehead atoms. The van der Waals surface area contributed by atoms with Gasteiger partial charge in [-0.2, -0.15) is 0 Å². The van der Waals surface area contributed by atoms with Gasteiger partial charge in [-0.1, -0.05) is 0 Å². The molecule has 8 heteroatoms. The molecule has 1 aliphatic heterocycles. The number of nitrogens with one attached hydrogen (secondary N) is 2. The lowest BCUT2D eigenvalue weighted by Crippen LogP contribution is -2.44. The van der Waals surface area contributed by atoms with Gasteiger partial charge in [0.25, 0.3) is 10.0 Å². The Bertz CT molecular complexity index is 529. The number of hydrogen-bond donors (Lipinski definition) is 2. The minimum Gasteiger partial charge on any atom is -0.447 e. The van der Waals surface area contributed by atoms with Gasteiger partial charge in [-0.15, -0.1) is 0 Å². The summed E-state index contributed by atoms with van der Waals surface area (Å²) < 4.78 is 36.2. The van der Waals surface area contributed by atoms with Gasteiger partial charge >= 0.3 is 0 Å². The van der Waals surface area contributed by atoms with E-state index >= 15 is 0 Å². The number of ether oxygens (including phenoxy) is 1. The van der Waals surface area contributed by atoms with E-state index in [2.05, 4.69) is 22.0 Å². The first-order chi connectivity index (χ1) is 9.51. The molecule has 2 rings (SSSR count). The molecule has 0 aliphatic carbocycles. The van der Waals surface area contributed by atoms with E-state index in [-0.39, 0.29) is 11.2 Å². The average Bonchev–Trinajstić information content (AvgIpc) is 2.88. The van der Waals surface area contributed by atoms with Crippen molar-refractivity contribution in [3.05, 3.63) is 17.9 Å². The third-order valence-corrected chi connectivity index (χ3v) is 4.47. The maximum absolute atomic E-state index is 11.5. The normalized spacial score (nSPS) is 21.2. The number of furan rings is 1. The van der Waals surface area contributed by atoms with E-state index in [1.54, 1.807) is 6.07 Å². The van der Waals surface area contributed by atoms with Gasteiger partial charge in [-0.05, 0) is 26.2 Å². The van der Waals surface area contributed by atoms with E-state index in [9.17, 15) is 8.42 Å². The summed E-state index contributed by atoms with van der Waals surface area (Å²) in [4.78, 5) is 2.22. The molecule has 2 N–H and O–H groups in total. The highest BCUT2D eigenvalue weighted by Gasteiger charge is 2.18. The molecule has 2 heterocycles. The minimum absolute atomic E-state index is 0.0644. The predicted molar refractivity (Wildman–Crippen MR) is 73.9 cm³/mol. The lowest BCUT2D eigenvalue weighted by Gasteiger charge is -2.30. The second kappa shape index (κ2) is 6.68. The summed E-state index contributed by atoms with van der Waals surface area (Å²) in [5.74, 6) is 0.586. The summed E-state index contributed by atoms with van der Waals surface area (Å²) in [5, 5.41) is 3.15. The van der Waals surface area contributed by atoms with Crippen molar-refractivity contribution in [3.63, 3.8) is 0 Å². The molecular weight excluding hydrogens is 282 g/mol. The molecular formula is C12H21N3O4S. The first-order valence-corrected chi connectivity index (χ1v) is 8.02. The Hall–Kier alpha value is -0.930. The molecule has 1 unspecified atom stereocenters. The molecule has 0 saturated carbocycles. The zero-order valence-electron chi connectivity index (χ0n) is 11.8. The number of likely N-dealkylation sites (N-methyl/N-ethyl adjacent to an activating group) is 1. The number of sulfonamides is 1. The summed E-state index contributed by atoms with van der Waals surface area (Å²) in [5.41, 5.74) is 0. The molecule has 20 heavy (non-hydrogen) atoms. The van der Waals surface area contributed by atoms with Gasteiger partial charge in [-0.25, -0.2) is 13.1 Å². The molecule has 0 amide bonds. The smallest absolute Gasteiger partial charge is 0.273 e. The standard InChI is InChI=1S/C12H21N3O4S/c1-13-20(16,17)12-4-3-10(19-12)7-14-8-11-9-15(2)5-6-18-11/h3-4,11,13-14H,5-9H2,1-2H3. The van der Waals surface area contributed by atoms with Crippen LogP contribution in [0.4, 0.5) is 0 Å². The summed E-state index contributed by atoms with van der Waals surface area (Å²) >= 11 is 0. The van der Waals surface area contributed by atoms with E-state index in [0.29, 0.717) is 18.8 Å². The van der Waals surface area contributed by atoms with Crippen LogP contribution in [0, 0.1) is 0 Å². The molecule has 0 radical (unpaired) electrons. The van der Waals surface area contributed by atoms with Gasteiger partial charge < -0.3 is 19.4 Å². The van der Waals surface area contributed by atoms with Crippen molar-refractivity contribution in [2.24, 2.45) is 0 Å². The fraction of sp³-hybridized carbons (Fsp3) is 0.667. The first kappa shape index (κ1) is 15.5. The number of nitrogens with zero attached hydrogens (tertiary/aromatic N) is 1. The maximum Gasteiger partial charge on any atom is 0.273 e. The van der Waals surface area contributed by atoms with Crippen LogP contribution in [0.3, 0.4) is 0 Å². The SMILES string of the molecule is CNS(=O)(=O)c1ccc(CNCC2CN(C)CCO2)o1. The molecule has 1 saturated heterocycles. The van der Waals surface area contributed by atoms with Crippen molar-refractivity contribution < 1.29 is 17.6 Å². The second-order valence-electron chi connectivity index (χ2n) is 4.81. The second-order valence-corrected chi connectivity index (χ2v) is 6.63. The number of morpholine rings is 1. The van der Waals surface area contributed by atoms with Gasteiger partial charge in [0.1, 0.15) is 5.76 Å². The van der Waals surface area contributed by atoms with Crippen molar-refractivity contribution in [3.8, 4) is 0 Å². The highest BCUT2D eigenvalue weighted by Crippen LogP contribution is 2.13. The Morgan fingerprint density at radius 3 is 2.95 bits per heavy atom. The first-order valence-electron chi connectivity index (χ1n) is 6.54. The summed E-state index contributed by atoms with van der Waals surface area (Å²) in [7, 11) is -0.0857. The van der Waals surface area contributed by atoms with Crippen LogP contribution >= 0.6 is 0 Å². The molecule has 1 aromatic heterocycles. The van der Waals surface area contributed by atoms with E-state index in [0.717, 1.165) is 19.7 Å². The van der Waals surface area contributed by atoms with Gasteiger partial charge in [0.15, 0.2) is 0 Å². The van der Waals surface area contributed by atoms with Crippen LogP contribution < -0.4 is 10.0 Å². The topological polar surface area (TPSA) is 83.8 Å². The molecule has 1 aliphatic rings. The Kier molecular flexibility index (Phi) is 5.17. The van der Waals surface area contributed by atoms with Crippen LogP contribution in [-0.4, -0.2) is 59.8 Å². The maximum atomic E-state index is 11.5. The Balaban J connectivity index is 1.80. The molecule has 1 aromatic rings. The van der Waals surface area contributed by atoms with E-state index in [1.165, 1.54) is 13.1 Å². The van der Waals surface area contributed by atoms with Crippen molar-refractivity contribution in [1.82, 2.24) is 14.9 Å². The molecule has 0 spiro atoms. The number of rotatable bonds is 6. The van der Waals surface area contributed by atoms with E-state index in [1.807, 2.05) is 0 Å². The van der Waals surface area contributed by atoms with Gasteiger partial charge in [-0.3, -0.25) is 0 Å². The van der Waals surface area contributed by atoms with E-state index in [4.69, 9.17) is 9.15 Å². The third-order valence-electron chi connectivity index (χ3n) is 3.18. The average molecular weight is 303 g/mol. The highest BCUT2D eigenvalue weighted by atomic mass is 32.2. The van der Waals surface area contributed by atoms with Crippen molar-refractivity contribution in [2.75, 3.05) is 40.3 Å². The quantitative estimate of drug-likeness (QED) is 0.744. The van der Waals surface area contributed by atoms with Crippen LogP contribution in [0.5, 0.6) is 0 Å². The molecule has 1 fully saturated rings. The minimum atomic E-state index is -3.51. The Labute approximate surface area is 119 Å². The Morgan fingerprint density at radius 1 is 1.45 bits per heavy atom. The van der Waals surface area contributed by atoms with Gasteiger partial charge in [0, 0.05) is 19.6 Å². The van der Waals surface area contributed by atoms with Crippen LogP contribution in [0.1, 0.15) is 5.76 Å². The zero-order chi connectivity index (χ0) is 14.6. The molecule has 1 atom stereocenters. The van der Waals surface area contributed by atoms with Crippen LogP contribution in [0.15, 0.2) is 21.6 Å². The molecule has 0 aromatic carbocycles. The zero-order valence-corrected chi connectivity index (χ0v) is 12.6. The van der Waals surface area contributed by atoms with Crippen molar-refractivity contribution >= 4 is 10.0 Å². The van der Waals surface area contributed by atoms with Crippen LogP contribution in [0.2, 0.25) is 0 Å². The van der Waals surface area contributed by atoms with Crippen LogP contribution in [0.25, 0.3) is 0 Å². The highest BCUT2D eigenvalue weighted by molar-refractivity contribution is 7.89. The Morgan fingerprint density at radius 2 is 2.25 bits per heavy atom. The fourth-order valence-electron chi connectivity index (χ4n) is 2.04. The van der Waals surface area contributed by atoms with Gasteiger partial charge in [0.2, 0.25) is 5.09 Å². The third kappa shape index (κ3) is 4.03. The molecule has 7 nitrogen and oxygen atoms in total. The monoisotopic (exact) mass is 303 g/mol. The lowest BCUT2D eigenvalue weighted by atomic mass is 10.3. The van der Waals surface area contributed by atoms with Gasteiger partial charge in [0.05, 0.1) is 19.3 Å². The largest absolute Gasteiger partial charge is 0.447 e.